The molecule has 0 aromatic heterocycles. The van der Waals surface area contributed by atoms with Crippen molar-refractivity contribution in [1.82, 2.24) is 0 Å². The summed E-state index contributed by atoms with van der Waals surface area (Å²) in [5.41, 5.74) is 3.79. The minimum Gasteiger partial charge on any atom is -0.393 e. The van der Waals surface area contributed by atoms with Gasteiger partial charge in [0.15, 0.2) is 0 Å². The van der Waals surface area contributed by atoms with Gasteiger partial charge in [0.1, 0.15) is 0 Å². The van der Waals surface area contributed by atoms with Gasteiger partial charge in [0, 0.05) is 11.5 Å². The Hall–Kier alpha value is -0.900. The first kappa shape index (κ1) is 25.4. The van der Waals surface area contributed by atoms with Crippen molar-refractivity contribution in [3.05, 3.63) is 71.8 Å². The number of rotatable bonds is 6. The molecule has 1 N–H and O–H groups in total. The summed E-state index contributed by atoms with van der Waals surface area (Å²) in [7, 11) is 0. The predicted octanol–water partition coefficient (Wildman–Crippen LogP) is 8.95. The van der Waals surface area contributed by atoms with E-state index in [4.69, 9.17) is 0 Å². The Morgan fingerprint density at radius 2 is 1.33 bits per heavy atom. The first-order valence-electron chi connectivity index (χ1n) is 14.5. The van der Waals surface area contributed by atoms with Crippen LogP contribution in [0.25, 0.3) is 0 Å². The molecule has 2 aromatic carbocycles. The minimum absolute atomic E-state index is 0.0450. The van der Waals surface area contributed by atoms with Crippen molar-refractivity contribution in [1.29, 1.82) is 0 Å². The highest BCUT2D eigenvalue weighted by Gasteiger charge is 2.65. The van der Waals surface area contributed by atoms with Crippen LogP contribution in [0, 0.1) is 34.5 Å². The third-order valence-corrected chi connectivity index (χ3v) is 15.2. The number of fused-ring (bicyclic) bond motifs is 5. The van der Waals surface area contributed by atoms with E-state index in [1.165, 1.54) is 56.1 Å². The van der Waals surface area contributed by atoms with Gasteiger partial charge in [0.25, 0.3) is 0 Å². The molecular weight excluding hydrogens is 476 g/mol. The van der Waals surface area contributed by atoms with Crippen molar-refractivity contribution in [3.8, 4) is 0 Å². The Balaban J connectivity index is 1.27. The van der Waals surface area contributed by atoms with Crippen molar-refractivity contribution in [2.45, 2.75) is 93.3 Å². The van der Waals surface area contributed by atoms with E-state index >= 15 is 0 Å². The van der Waals surface area contributed by atoms with Crippen molar-refractivity contribution in [2.75, 3.05) is 0 Å². The van der Waals surface area contributed by atoms with Crippen LogP contribution in [-0.4, -0.2) is 15.3 Å². The standard InChI is InChI=1S/C33H44OS2/c1-31-18-15-27(34)21-26(31)13-14-28-29(31)16-19-32(2)30(28)17-20-33(32,35-22-24-9-5-3-6-10-24)36-23-25-11-7-4-8-12-25/h3-12,26-30,34H,13-23H2,1-2H3/t26-,27+,28+,29-,30-,31-,32-/m0/s1. The van der Waals surface area contributed by atoms with E-state index in [2.05, 4.69) is 98.0 Å². The molecule has 4 fully saturated rings. The van der Waals surface area contributed by atoms with Gasteiger partial charge in [-0.2, -0.15) is 0 Å². The van der Waals surface area contributed by atoms with Crippen LogP contribution in [0.3, 0.4) is 0 Å². The SMILES string of the molecule is C[C@]12CC[C@@H](O)C[C@@H]1CC[C@@H]1[C@@H]2CC[C@@]2(C)[C@H]1CCC2(SCc1ccccc1)SCc1ccccc1. The van der Waals surface area contributed by atoms with Gasteiger partial charge in [-0.05, 0) is 103 Å². The minimum atomic E-state index is -0.0450. The highest BCUT2D eigenvalue weighted by Crippen LogP contribution is 2.73. The Bertz CT molecular complexity index is 981. The highest BCUT2D eigenvalue weighted by molar-refractivity contribution is 8.17. The normalized spacial score (nSPS) is 39.1. The van der Waals surface area contributed by atoms with Crippen LogP contribution < -0.4 is 0 Å². The molecule has 4 aliphatic rings. The van der Waals surface area contributed by atoms with Crippen molar-refractivity contribution < 1.29 is 5.11 Å². The lowest BCUT2D eigenvalue weighted by atomic mass is 9.45. The largest absolute Gasteiger partial charge is 0.393 e. The van der Waals surface area contributed by atoms with Gasteiger partial charge in [0.05, 0.1) is 10.2 Å². The number of thioether (sulfide) groups is 2. The number of aliphatic hydroxyl groups is 1. The predicted molar refractivity (Wildman–Crippen MR) is 156 cm³/mol. The maximum atomic E-state index is 10.4. The van der Waals surface area contributed by atoms with Crippen LogP contribution in [-0.2, 0) is 11.5 Å². The fourth-order valence-corrected chi connectivity index (χ4v) is 12.8. The molecule has 0 aliphatic heterocycles. The Labute approximate surface area is 227 Å². The number of hydrogen-bond acceptors (Lipinski definition) is 3. The van der Waals surface area contributed by atoms with E-state index in [0.717, 1.165) is 48.0 Å². The first-order valence-corrected chi connectivity index (χ1v) is 16.4. The van der Waals surface area contributed by atoms with Gasteiger partial charge in [-0.1, -0.05) is 74.5 Å². The molecule has 0 amide bonds. The third-order valence-electron chi connectivity index (χ3n) is 11.3. The maximum absolute atomic E-state index is 10.4. The van der Waals surface area contributed by atoms with E-state index in [1.807, 2.05) is 0 Å². The number of benzene rings is 2. The Morgan fingerprint density at radius 3 is 1.97 bits per heavy atom. The quantitative estimate of drug-likeness (QED) is 0.384. The Morgan fingerprint density at radius 1 is 0.722 bits per heavy atom. The van der Waals surface area contributed by atoms with Gasteiger partial charge < -0.3 is 5.11 Å². The van der Waals surface area contributed by atoms with Gasteiger partial charge in [-0.25, -0.2) is 0 Å². The summed E-state index contributed by atoms with van der Waals surface area (Å²) in [6.45, 7) is 5.33. The van der Waals surface area contributed by atoms with E-state index in [9.17, 15) is 5.11 Å². The van der Waals surface area contributed by atoms with Crippen LogP contribution in [0.2, 0.25) is 0 Å². The molecule has 0 unspecified atom stereocenters. The molecule has 2 aromatic rings. The average Bonchev–Trinajstić information content (AvgIpc) is 3.20. The summed E-state index contributed by atoms with van der Waals surface area (Å²) >= 11 is 4.56. The summed E-state index contributed by atoms with van der Waals surface area (Å²) in [4.78, 5) is 0. The van der Waals surface area contributed by atoms with E-state index in [-0.39, 0.29) is 10.2 Å². The summed E-state index contributed by atoms with van der Waals surface area (Å²) in [6, 6.07) is 22.3. The second kappa shape index (κ2) is 10.0. The molecule has 194 valence electrons. The smallest absolute Gasteiger partial charge is 0.0673 e. The average molecular weight is 521 g/mol. The van der Waals surface area contributed by atoms with Gasteiger partial charge in [-0.15, -0.1) is 23.5 Å². The molecule has 7 atom stereocenters. The van der Waals surface area contributed by atoms with Crippen molar-refractivity contribution in [2.24, 2.45) is 34.5 Å². The van der Waals surface area contributed by atoms with Crippen molar-refractivity contribution >= 4 is 23.5 Å². The van der Waals surface area contributed by atoms with Crippen molar-refractivity contribution in [3.63, 3.8) is 0 Å². The molecule has 0 saturated heterocycles. The molecule has 0 bridgehead atoms. The van der Waals surface area contributed by atoms with Crippen LogP contribution in [0.5, 0.6) is 0 Å². The van der Waals surface area contributed by atoms with Gasteiger partial charge >= 0.3 is 0 Å². The Kier molecular flexibility index (Phi) is 7.06. The fourth-order valence-electron chi connectivity index (χ4n) is 9.26. The van der Waals surface area contributed by atoms with Crippen LogP contribution in [0.1, 0.15) is 82.8 Å². The second-order valence-corrected chi connectivity index (χ2v) is 15.7. The van der Waals surface area contributed by atoms with E-state index in [0.29, 0.717) is 10.8 Å². The first-order chi connectivity index (χ1) is 17.4. The lowest BCUT2D eigenvalue weighted by molar-refractivity contribution is -0.121. The molecule has 6 rings (SSSR count). The summed E-state index contributed by atoms with van der Waals surface area (Å²) in [5.74, 6) is 5.60. The van der Waals surface area contributed by atoms with Crippen LogP contribution >= 0.6 is 23.5 Å². The maximum Gasteiger partial charge on any atom is 0.0673 e. The summed E-state index contributed by atoms with van der Waals surface area (Å²) in [5, 5.41) is 10.4. The summed E-state index contributed by atoms with van der Waals surface area (Å²) in [6.07, 6.45) is 11.6. The molecule has 0 heterocycles. The molecule has 4 aliphatic carbocycles. The van der Waals surface area contributed by atoms with Gasteiger partial charge in [-0.3, -0.25) is 0 Å². The number of aliphatic hydroxyl groups excluding tert-OH is 1. The van der Waals surface area contributed by atoms with Crippen LogP contribution in [0.4, 0.5) is 0 Å². The zero-order valence-electron chi connectivity index (χ0n) is 22.2. The van der Waals surface area contributed by atoms with E-state index in [1.54, 1.807) is 0 Å². The van der Waals surface area contributed by atoms with Gasteiger partial charge in [0.2, 0.25) is 0 Å². The molecule has 1 nitrogen and oxygen atoms in total. The second-order valence-electron chi connectivity index (χ2n) is 12.9. The molecule has 0 radical (unpaired) electrons. The lowest BCUT2D eigenvalue weighted by Crippen LogP contribution is -2.55. The molecule has 4 saturated carbocycles. The van der Waals surface area contributed by atoms with E-state index < -0.39 is 0 Å². The molecule has 0 spiro atoms. The topological polar surface area (TPSA) is 20.2 Å². The third kappa shape index (κ3) is 4.30. The lowest BCUT2D eigenvalue weighted by Gasteiger charge is -2.62. The fraction of sp³-hybridized carbons (Fsp3) is 0.636. The number of hydrogen-bond donors (Lipinski definition) is 1. The molecule has 36 heavy (non-hydrogen) atoms. The highest BCUT2D eigenvalue weighted by atomic mass is 32.2. The zero-order chi connectivity index (χ0) is 24.8. The summed E-state index contributed by atoms with van der Waals surface area (Å²) < 4.78 is 0.287. The van der Waals surface area contributed by atoms with Crippen LogP contribution in [0.15, 0.2) is 60.7 Å². The zero-order valence-corrected chi connectivity index (χ0v) is 23.8. The molecule has 3 heteroatoms. The molecular formula is C33H44OS2. The monoisotopic (exact) mass is 520 g/mol.